The number of hydrogen-bond acceptors (Lipinski definition) is 6. The van der Waals surface area contributed by atoms with Gasteiger partial charge in [0.15, 0.2) is 16.6 Å². The molecule has 0 spiro atoms. The highest BCUT2D eigenvalue weighted by atomic mass is 32.1. The van der Waals surface area contributed by atoms with Crippen LogP contribution in [-0.4, -0.2) is 17.7 Å². The Hall–Kier alpha value is -3.06. The number of rotatable bonds is 4. The molecule has 1 aromatic heterocycles. The number of anilines is 3. The Bertz CT molecular complexity index is 880. The number of nitrogens with zero attached hydrogens (tertiary/aromatic N) is 1. The summed E-state index contributed by atoms with van der Waals surface area (Å²) < 4.78 is 10.6. The maximum Gasteiger partial charge on any atom is 0.275 e. The van der Waals surface area contributed by atoms with Crippen molar-refractivity contribution in [1.82, 2.24) is 4.98 Å². The predicted molar refractivity (Wildman–Crippen MR) is 92.4 cm³/mol. The van der Waals surface area contributed by atoms with E-state index in [4.69, 9.17) is 9.47 Å². The average Bonchev–Trinajstić information content (AvgIpc) is 3.24. The van der Waals surface area contributed by atoms with Gasteiger partial charge in [0.1, 0.15) is 5.69 Å². The Kier molecular flexibility index (Phi) is 3.76. The second-order valence-corrected chi connectivity index (χ2v) is 5.91. The van der Waals surface area contributed by atoms with E-state index in [-0.39, 0.29) is 12.7 Å². The summed E-state index contributed by atoms with van der Waals surface area (Å²) in [6, 6.07) is 14.8. The van der Waals surface area contributed by atoms with Crippen LogP contribution in [0.15, 0.2) is 53.9 Å². The van der Waals surface area contributed by atoms with Gasteiger partial charge >= 0.3 is 0 Å². The zero-order chi connectivity index (χ0) is 16.4. The molecule has 0 saturated heterocycles. The Morgan fingerprint density at radius 2 is 1.88 bits per heavy atom. The number of benzene rings is 2. The molecule has 3 aromatic rings. The molecule has 2 aromatic carbocycles. The van der Waals surface area contributed by atoms with Gasteiger partial charge in [0.2, 0.25) is 6.79 Å². The minimum atomic E-state index is -0.240. The summed E-state index contributed by atoms with van der Waals surface area (Å²) >= 11 is 1.36. The number of fused-ring (bicyclic) bond motifs is 1. The molecule has 2 N–H and O–H groups in total. The summed E-state index contributed by atoms with van der Waals surface area (Å²) in [6.07, 6.45) is 0. The van der Waals surface area contributed by atoms with Crippen LogP contribution in [-0.2, 0) is 0 Å². The van der Waals surface area contributed by atoms with Gasteiger partial charge in [0, 0.05) is 22.8 Å². The highest BCUT2D eigenvalue weighted by Gasteiger charge is 2.15. The first-order valence-electron chi connectivity index (χ1n) is 7.26. The molecule has 0 bridgehead atoms. The second-order valence-electron chi connectivity index (χ2n) is 5.05. The molecular formula is C17H13N3O3S. The quantitative estimate of drug-likeness (QED) is 0.755. The monoisotopic (exact) mass is 339 g/mol. The van der Waals surface area contributed by atoms with Gasteiger partial charge in [-0.05, 0) is 24.3 Å². The number of amides is 1. The van der Waals surface area contributed by atoms with Crippen molar-refractivity contribution in [2.75, 3.05) is 17.4 Å². The van der Waals surface area contributed by atoms with Crippen molar-refractivity contribution < 1.29 is 14.3 Å². The van der Waals surface area contributed by atoms with Crippen molar-refractivity contribution in [3.8, 4) is 11.5 Å². The highest BCUT2D eigenvalue weighted by Crippen LogP contribution is 2.35. The van der Waals surface area contributed by atoms with Crippen LogP contribution in [0.4, 0.5) is 16.5 Å². The number of hydrogen-bond donors (Lipinski definition) is 2. The molecule has 1 aliphatic heterocycles. The van der Waals surface area contributed by atoms with Gasteiger partial charge in [-0.2, -0.15) is 0 Å². The van der Waals surface area contributed by atoms with Gasteiger partial charge in [-0.25, -0.2) is 4.98 Å². The minimum Gasteiger partial charge on any atom is -0.454 e. The van der Waals surface area contributed by atoms with Crippen LogP contribution in [0.3, 0.4) is 0 Å². The van der Waals surface area contributed by atoms with E-state index in [1.807, 2.05) is 48.5 Å². The van der Waals surface area contributed by atoms with Gasteiger partial charge in [-0.1, -0.05) is 18.2 Å². The third-order valence-corrected chi connectivity index (χ3v) is 4.15. The van der Waals surface area contributed by atoms with Crippen LogP contribution >= 0.6 is 11.3 Å². The molecule has 0 aliphatic carbocycles. The van der Waals surface area contributed by atoms with Gasteiger partial charge in [-0.15, -0.1) is 11.3 Å². The standard InChI is InChI=1S/C17H13N3O3S/c21-16(18-11-4-2-1-3-5-11)13-9-24-17(20-13)19-12-6-7-14-15(8-12)23-10-22-14/h1-9H,10H2,(H,18,21)(H,19,20). The fraction of sp³-hybridized carbons (Fsp3) is 0.0588. The molecule has 0 unspecified atom stereocenters. The van der Waals surface area contributed by atoms with E-state index in [0.717, 1.165) is 17.1 Å². The smallest absolute Gasteiger partial charge is 0.275 e. The number of nitrogens with one attached hydrogen (secondary N) is 2. The first-order chi connectivity index (χ1) is 11.8. The van der Waals surface area contributed by atoms with E-state index in [2.05, 4.69) is 15.6 Å². The van der Waals surface area contributed by atoms with Crippen molar-refractivity contribution in [1.29, 1.82) is 0 Å². The van der Waals surface area contributed by atoms with E-state index in [1.165, 1.54) is 11.3 Å². The number of ether oxygens (including phenoxy) is 2. The Balaban J connectivity index is 1.45. The normalized spacial score (nSPS) is 12.0. The van der Waals surface area contributed by atoms with Gasteiger partial charge < -0.3 is 20.1 Å². The molecular weight excluding hydrogens is 326 g/mol. The molecule has 0 radical (unpaired) electrons. The lowest BCUT2D eigenvalue weighted by Gasteiger charge is -2.04. The third-order valence-electron chi connectivity index (χ3n) is 3.39. The molecule has 1 amide bonds. The number of thiazole rings is 1. The lowest BCUT2D eigenvalue weighted by molar-refractivity contribution is 0.102. The van der Waals surface area contributed by atoms with Crippen LogP contribution < -0.4 is 20.1 Å². The van der Waals surface area contributed by atoms with Gasteiger partial charge in [-0.3, -0.25) is 4.79 Å². The van der Waals surface area contributed by atoms with E-state index in [9.17, 15) is 4.79 Å². The number of carbonyl (C=O) groups is 1. The number of aromatic nitrogens is 1. The molecule has 2 heterocycles. The number of carbonyl (C=O) groups excluding carboxylic acids is 1. The highest BCUT2D eigenvalue weighted by molar-refractivity contribution is 7.14. The van der Waals surface area contributed by atoms with E-state index >= 15 is 0 Å². The second kappa shape index (κ2) is 6.21. The molecule has 0 atom stereocenters. The van der Waals surface area contributed by atoms with Crippen LogP contribution in [0.25, 0.3) is 0 Å². The zero-order valence-electron chi connectivity index (χ0n) is 12.5. The van der Waals surface area contributed by atoms with E-state index < -0.39 is 0 Å². The van der Waals surface area contributed by atoms with Crippen LogP contribution in [0, 0.1) is 0 Å². The van der Waals surface area contributed by atoms with Gasteiger partial charge in [0.05, 0.1) is 0 Å². The lowest BCUT2D eigenvalue weighted by Crippen LogP contribution is -2.12. The van der Waals surface area contributed by atoms with Crippen LogP contribution in [0.2, 0.25) is 0 Å². The molecule has 6 nitrogen and oxygen atoms in total. The van der Waals surface area contributed by atoms with Crippen molar-refractivity contribution in [2.45, 2.75) is 0 Å². The molecule has 0 fully saturated rings. The fourth-order valence-electron chi connectivity index (χ4n) is 2.25. The summed E-state index contributed by atoms with van der Waals surface area (Å²) in [6.45, 7) is 0.236. The largest absolute Gasteiger partial charge is 0.454 e. The van der Waals surface area contributed by atoms with Gasteiger partial charge in [0.25, 0.3) is 5.91 Å². The van der Waals surface area contributed by atoms with E-state index in [1.54, 1.807) is 5.38 Å². The van der Waals surface area contributed by atoms with E-state index in [0.29, 0.717) is 16.6 Å². The average molecular weight is 339 g/mol. The molecule has 4 rings (SSSR count). The van der Waals surface area contributed by atoms with Crippen molar-refractivity contribution >= 4 is 33.8 Å². The van der Waals surface area contributed by atoms with Crippen molar-refractivity contribution in [3.05, 3.63) is 59.6 Å². The molecule has 24 heavy (non-hydrogen) atoms. The molecule has 120 valence electrons. The summed E-state index contributed by atoms with van der Waals surface area (Å²) in [7, 11) is 0. The van der Waals surface area contributed by atoms with Crippen molar-refractivity contribution in [2.24, 2.45) is 0 Å². The Morgan fingerprint density at radius 3 is 2.75 bits per heavy atom. The van der Waals surface area contributed by atoms with Crippen LogP contribution in [0.1, 0.15) is 10.5 Å². The maximum atomic E-state index is 12.2. The number of para-hydroxylation sites is 1. The summed E-state index contributed by atoms with van der Waals surface area (Å²) in [5.74, 6) is 1.18. The molecule has 7 heteroatoms. The fourth-order valence-corrected chi connectivity index (χ4v) is 2.96. The summed E-state index contributed by atoms with van der Waals surface area (Å²) in [4.78, 5) is 16.5. The topological polar surface area (TPSA) is 72.5 Å². The van der Waals surface area contributed by atoms with Crippen molar-refractivity contribution in [3.63, 3.8) is 0 Å². The van der Waals surface area contributed by atoms with Crippen LogP contribution in [0.5, 0.6) is 11.5 Å². The molecule has 0 saturated carbocycles. The maximum absolute atomic E-state index is 12.2. The lowest BCUT2D eigenvalue weighted by atomic mass is 10.3. The third kappa shape index (κ3) is 3.02. The SMILES string of the molecule is O=C(Nc1ccccc1)c1csc(Nc2ccc3c(c2)OCO3)n1. The first-order valence-corrected chi connectivity index (χ1v) is 8.14. The first kappa shape index (κ1) is 14.5. The minimum absolute atomic E-state index is 0.236. The summed E-state index contributed by atoms with van der Waals surface area (Å²) in [5.41, 5.74) is 1.93. The predicted octanol–water partition coefficient (Wildman–Crippen LogP) is 3.87. The Labute approximate surface area is 142 Å². The Morgan fingerprint density at radius 1 is 1.04 bits per heavy atom. The molecule has 1 aliphatic rings. The summed E-state index contributed by atoms with van der Waals surface area (Å²) in [5, 5.41) is 8.32. The zero-order valence-corrected chi connectivity index (χ0v) is 13.3.